The minimum atomic E-state index is -1.90. The van der Waals surface area contributed by atoms with Crippen LogP contribution in [0.2, 0.25) is 0 Å². The van der Waals surface area contributed by atoms with E-state index in [9.17, 15) is 19.8 Å². The van der Waals surface area contributed by atoms with E-state index in [-0.39, 0.29) is 47.7 Å². The molecule has 38 heavy (non-hydrogen) atoms. The van der Waals surface area contributed by atoms with Crippen molar-refractivity contribution in [2.24, 2.45) is 0 Å². The van der Waals surface area contributed by atoms with Crippen LogP contribution in [0.1, 0.15) is 60.0 Å². The number of cyclic esters (lactones) is 1. The summed E-state index contributed by atoms with van der Waals surface area (Å²) in [5, 5.41) is 22.3. The van der Waals surface area contributed by atoms with Crippen LogP contribution in [0.4, 0.5) is 4.39 Å². The number of likely N-dealkylation sites (tertiary alicyclic amines) is 1. The molecule has 198 valence electrons. The standard InChI is InChI=1S/C28H28FN3O5S/c1-3-28(36)17-8-20-24-15(10-32(20)26(34)16(17)11-37-27(28)35)22-21(31-6-4-14(33)5-7-31)12-38-25-13(2)18(29)9-19(30-24)23(22)25/h8-9,14,21,33,36H,3-7,10-12H2,1-2H3/t21?,28-/m0/s1. The molecule has 10 heteroatoms. The number of carbonyl (C=O) groups is 1. The van der Waals surface area contributed by atoms with Gasteiger partial charge in [-0.25, -0.2) is 14.2 Å². The maximum atomic E-state index is 15.0. The molecule has 0 aliphatic carbocycles. The van der Waals surface area contributed by atoms with Crippen LogP contribution >= 0.6 is 11.8 Å². The van der Waals surface area contributed by atoms with E-state index in [4.69, 9.17) is 9.72 Å². The third kappa shape index (κ3) is 3.17. The summed E-state index contributed by atoms with van der Waals surface area (Å²) in [5.41, 5.74) is 2.58. The molecular formula is C28H28FN3O5S. The monoisotopic (exact) mass is 537 g/mol. The first-order valence-corrected chi connectivity index (χ1v) is 14.1. The molecule has 1 fully saturated rings. The normalized spacial score (nSPS) is 24.8. The number of piperidine rings is 1. The summed E-state index contributed by atoms with van der Waals surface area (Å²) in [6.07, 6.45) is 1.16. The van der Waals surface area contributed by atoms with Gasteiger partial charge in [-0.05, 0) is 43.4 Å². The van der Waals surface area contributed by atoms with Crippen molar-refractivity contribution in [3.05, 3.63) is 56.1 Å². The van der Waals surface area contributed by atoms with Gasteiger partial charge in [-0.1, -0.05) is 6.92 Å². The van der Waals surface area contributed by atoms with Gasteiger partial charge in [0.25, 0.3) is 5.56 Å². The van der Waals surface area contributed by atoms with Gasteiger partial charge in [0.15, 0.2) is 5.60 Å². The van der Waals surface area contributed by atoms with Gasteiger partial charge in [-0.3, -0.25) is 9.69 Å². The Morgan fingerprint density at radius 2 is 2.00 bits per heavy atom. The SMILES string of the molecule is CC[C@@]1(O)C(=O)OCc2c1cc1n(c2=O)Cc2c-1nc1cc(F)c(C)c3c1c2C(N1CCC(O)CC1)CS3. The summed E-state index contributed by atoms with van der Waals surface area (Å²) >= 11 is 1.64. The lowest BCUT2D eigenvalue weighted by molar-refractivity contribution is -0.172. The van der Waals surface area contributed by atoms with Crippen LogP contribution in [0, 0.1) is 12.7 Å². The Bertz CT molecular complexity index is 1610. The quantitative estimate of drug-likeness (QED) is 0.376. The fourth-order valence-electron chi connectivity index (χ4n) is 6.59. The average molecular weight is 538 g/mol. The molecule has 7 rings (SSSR count). The molecule has 2 atom stereocenters. The average Bonchev–Trinajstić information content (AvgIpc) is 3.29. The van der Waals surface area contributed by atoms with E-state index in [1.807, 2.05) is 0 Å². The van der Waals surface area contributed by atoms with Crippen LogP contribution in [0.5, 0.6) is 0 Å². The Kier molecular flexibility index (Phi) is 5.33. The Labute approximate surface area is 222 Å². The highest BCUT2D eigenvalue weighted by Gasteiger charge is 2.46. The molecule has 2 aromatic heterocycles. The molecule has 8 nitrogen and oxygen atoms in total. The maximum Gasteiger partial charge on any atom is 0.343 e. The van der Waals surface area contributed by atoms with Gasteiger partial charge in [-0.2, -0.15) is 0 Å². The molecule has 6 heterocycles. The predicted molar refractivity (Wildman–Crippen MR) is 139 cm³/mol. The second-order valence-corrected chi connectivity index (χ2v) is 11.8. The largest absolute Gasteiger partial charge is 0.458 e. The predicted octanol–water partition coefficient (Wildman–Crippen LogP) is 3.13. The molecule has 0 radical (unpaired) electrons. The fraction of sp³-hybridized carbons (Fsp3) is 0.464. The van der Waals surface area contributed by atoms with E-state index < -0.39 is 11.6 Å². The highest BCUT2D eigenvalue weighted by atomic mass is 32.2. The zero-order valence-corrected chi connectivity index (χ0v) is 22.0. The summed E-state index contributed by atoms with van der Waals surface area (Å²) in [6, 6.07) is 3.20. The highest BCUT2D eigenvalue weighted by Crippen LogP contribution is 2.50. The van der Waals surface area contributed by atoms with Gasteiger partial charge in [0.2, 0.25) is 0 Å². The number of hydrogen-bond donors (Lipinski definition) is 2. The van der Waals surface area contributed by atoms with E-state index in [0.717, 1.165) is 40.3 Å². The van der Waals surface area contributed by atoms with Crippen molar-refractivity contribution in [1.29, 1.82) is 0 Å². The zero-order valence-electron chi connectivity index (χ0n) is 21.2. The number of benzene rings is 1. The van der Waals surface area contributed by atoms with Crippen LogP contribution in [0.25, 0.3) is 22.3 Å². The third-order valence-corrected chi connectivity index (χ3v) is 10.1. The number of rotatable bonds is 2. The Balaban J connectivity index is 1.50. The Morgan fingerprint density at radius 1 is 1.24 bits per heavy atom. The lowest BCUT2D eigenvalue weighted by Gasteiger charge is -2.39. The van der Waals surface area contributed by atoms with Crippen molar-refractivity contribution in [2.45, 2.75) is 68.9 Å². The van der Waals surface area contributed by atoms with E-state index in [1.165, 1.54) is 6.07 Å². The number of halogens is 1. The summed E-state index contributed by atoms with van der Waals surface area (Å²) in [5.74, 6) is -0.344. The molecule has 2 N–H and O–H groups in total. The van der Waals surface area contributed by atoms with Crippen LogP contribution in [-0.4, -0.2) is 55.6 Å². The van der Waals surface area contributed by atoms with E-state index in [0.29, 0.717) is 41.9 Å². The Hall–Kier alpha value is -2.79. The van der Waals surface area contributed by atoms with Crippen molar-refractivity contribution in [2.75, 3.05) is 18.8 Å². The van der Waals surface area contributed by atoms with Crippen LogP contribution < -0.4 is 5.56 Å². The molecule has 1 unspecified atom stereocenters. The molecule has 1 aromatic carbocycles. The number of ether oxygens (including phenoxy) is 1. The Morgan fingerprint density at radius 3 is 2.74 bits per heavy atom. The number of nitrogens with zero attached hydrogens (tertiary/aromatic N) is 3. The van der Waals surface area contributed by atoms with E-state index in [2.05, 4.69) is 4.90 Å². The topological polar surface area (TPSA) is 105 Å². The van der Waals surface area contributed by atoms with Crippen LogP contribution in [0.3, 0.4) is 0 Å². The molecule has 0 saturated carbocycles. The number of aliphatic hydroxyl groups excluding tert-OH is 1. The molecule has 3 aromatic rings. The number of pyridine rings is 2. The van der Waals surface area contributed by atoms with Gasteiger partial charge in [-0.15, -0.1) is 11.8 Å². The zero-order chi connectivity index (χ0) is 26.5. The van der Waals surface area contributed by atoms with Crippen molar-refractivity contribution in [1.82, 2.24) is 14.5 Å². The van der Waals surface area contributed by atoms with Crippen molar-refractivity contribution < 1.29 is 24.1 Å². The molecular weight excluding hydrogens is 509 g/mol. The number of carbonyl (C=O) groups excluding carboxylic acids is 1. The summed E-state index contributed by atoms with van der Waals surface area (Å²) < 4.78 is 21.9. The van der Waals surface area contributed by atoms with Crippen molar-refractivity contribution >= 4 is 28.6 Å². The lowest BCUT2D eigenvalue weighted by atomic mass is 9.86. The molecule has 1 saturated heterocycles. The number of aliphatic hydroxyl groups is 2. The van der Waals surface area contributed by atoms with Crippen molar-refractivity contribution in [3.63, 3.8) is 0 Å². The molecule has 0 amide bonds. The first-order chi connectivity index (χ1) is 18.2. The first-order valence-electron chi connectivity index (χ1n) is 13.1. The summed E-state index contributed by atoms with van der Waals surface area (Å²) in [6.45, 7) is 5.10. The molecule has 0 spiro atoms. The third-order valence-electron chi connectivity index (χ3n) is 8.82. The number of fused-ring (bicyclic) bond motifs is 5. The number of aromatic nitrogens is 2. The van der Waals surface area contributed by atoms with E-state index in [1.54, 1.807) is 36.2 Å². The minimum Gasteiger partial charge on any atom is -0.458 e. The summed E-state index contributed by atoms with van der Waals surface area (Å²) in [7, 11) is 0. The second kappa shape index (κ2) is 8.35. The molecule has 0 bridgehead atoms. The minimum absolute atomic E-state index is 0.0289. The molecule has 4 aliphatic heterocycles. The second-order valence-electron chi connectivity index (χ2n) is 10.8. The van der Waals surface area contributed by atoms with Crippen LogP contribution in [0.15, 0.2) is 21.8 Å². The van der Waals surface area contributed by atoms with Gasteiger partial charge < -0.3 is 19.5 Å². The smallest absolute Gasteiger partial charge is 0.343 e. The number of esters is 1. The number of hydrogen-bond acceptors (Lipinski definition) is 8. The molecule has 4 aliphatic rings. The van der Waals surface area contributed by atoms with Crippen LogP contribution in [-0.2, 0) is 28.3 Å². The first kappa shape index (κ1) is 24.3. The van der Waals surface area contributed by atoms with E-state index >= 15 is 4.39 Å². The van der Waals surface area contributed by atoms with Gasteiger partial charge in [0, 0.05) is 52.4 Å². The van der Waals surface area contributed by atoms with Gasteiger partial charge in [0.05, 0.1) is 35.1 Å². The maximum absolute atomic E-state index is 15.0. The number of thioether (sulfide) groups is 1. The lowest BCUT2D eigenvalue weighted by Crippen LogP contribution is -2.44. The fourth-order valence-corrected chi connectivity index (χ4v) is 7.96. The van der Waals surface area contributed by atoms with Crippen molar-refractivity contribution in [3.8, 4) is 11.4 Å². The van der Waals surface area contributed by atoms with Gasteiger partial charge >= 0.3 is 5.97 Å². The highest BCUT2D eigenvalue weighted by molar-refractivity contribution is 7.99. The summed E-state index contributed by atoms with van der Waals surface area (Å²) in [4.78, 5) is 34.4. The van der Waals surface area contributed by atoms with Gasteiger partial charge in [0.1, 0.15) is 12.4 Å².